The van der Waals surface area contributed by atoms with Crippen LogP contribution in [-0.4, -0.2) is 24.5 Å². The maximum absolute atomic E-state index is 10.8. The van der Waals surface area contributed by atoms with Crippen LogP contribution < -0.4 is 10.1 Å². The fourth-order valence-electron chi connectivity index (χ4n) is 1.93. The first-order chi connectivity index (χ1) is 8.22. The van der Waals surface area contributed by atoms with Gasteiger partial charge in [0, 0.05) is 25.1 Å². The summed E-state index contributed by atoms with van der Waals surface area (Å²) in [6, 6.07) is 5.95. The molecule has 2 rings (SSSR count). The minimum atomic E-state index is 0.00224. The molecule has 0 aliphatic heterocycles. The number of nitrogens with one attached hydrogen (secondary N) is 2. The number of hydrogen-bond donors (Lipinski definition) is 2. The van der Waals surface area contributed by atoms with E-state index < -0.39 is 0 Å². The Morgan fingerprint density at radius 2 is 2.29 bits per heavy atom. The van der Waals surface area contributed by atoms with Gasteiger partial charge >= 0.3 is 0 Å². The van der Waals surface area contributed by atoms with E-state index in [2.05, 4.69) is 16.4 Å². The molecule has 1 heterocycles. The van der Waals surface area contributed by atoms with Crippen molar-refractivity contribution in [2.24, 2.45) is 0 Å². The minimum absolute atomic E-state index is 0.00224. The topological polar surface area (TPSA) is 54.1 Å². The second kappa shape index (κ2) is 4.91. The van der Waals surface area contributed by atoms with Crippen LogP contribution in [0, 0.1) is 0 Å². The predicted molar refractivity (Wildman–Crippen MR) is 67.2 cm³/mol. The van der Waals surface area contributed by atoms with Crippen LogP contribution in [0.15, 0.2) is 24.4 Å². The molecule has 1 aromatic carbocycles. The molecule has 0 unspecified atom stereocenters. The zero-order valence-corrected chi connectivity index (χ0v) is 10.0. The highest BCUT2D eigenvalue weighted by atomic mass is 16.5. The summed E-state index contributed by atoms with van der Waals surface area (Å²) in [5.74, 6) is 0.843. The molecule has 1 aromatic heterocycles. The van der Waals surface area contributed by atoms with Gasteiger partial charge in [0.15, 0.2) is 0 Å². The number of aromatic amines is 1. The Morgan fingerprint density at radius 1 is 1.47 bits per heavy atom. The lowest BCUT2D eigenvalue weighted by Crippen LogP contribution is -2.22. The number of rotatable bonds is 4. The lowest BCUT2D eigenvalue weighted by molar-refractivity contribution is -0.118. The molecule has 0 radical (unpaired) electrons. The number of methoxy groups -OCH3 is 1. The van der Waals surface area contributed by atoms with E-state index in [4.69, 9.17) is 4.74 Å². The summed E-state index contributed by atoms with van der Waals surface area (Å²) < 4.78 is 5.28. The van der Waals surface area contributed by atoms with E-state index in [9.17, 15) is 4.79 Å². The van der Waals surface area contributed by atoms with Gasteiger partial charge in [-0.25, -0.2) is 0 Å². The van der Waals surface area contributed by atoms with Gasteiger partial charge in [0.1, 0.15) is 5.75 Å². The smallest absolute Gasteiger partial charge is 0.216 e. The number of H-pyrrole nitrogens is 1. The summed E-state index contributed by atoms with van der Waals surface area (Å²) in [4.78, 5) is 14.0. The van der Waals surface area contributed by atoms with E-state index in [0.717, 1.165) is 23.1 Å². The van der Waals surface area contributed by atoms with E-state index in [1.54, 1.807) is 7.11 Å². The van der Waals surface area contributed by atoms with Gasteiger partial charge in [-0.3, -0.25) is 4.79 Å². The average Bonchev–Trinajstić information content (AvgIpc) is 2.72. The molecular formula is C13H16N2O2. The highest BCUT2D eigenvalue weighted by molar-refractivity contribution is 5.88. The number of para-hydroxylation sites is 1. The maximum Gasteiger partial charge on any atom is 0.216 e. The van der Waals surface area contributed by atoms with Crippen molar-refractivity contribution in [3.63, 3.8) is 0 Å². The molecule has 17 heavy (non-hydrogen) atoms. The second-order valence-electron chi connectivity index (χ2n) is 3.93. The highest BCUT2D eigenvalue weighted by Gasteiger charge is 2.07. The van der Waals surface area contributed by atoms with Gasteiger partial charge in [0.25, 0.3) is 0 Å². The van der Waals surface area contributed by atoms with E-state index in [1.807, 2.05) is 18.3 Å². The van der Waals surface area contributed by atoms with Crippen LogP contribution in [0.3, 0.4) is 0 Å². The molecule has 0 aliphatic carbocycles. The number of hydrogen-bond acceptors (Lipinski definition) is 2. The first kappa shape index (κ1) is 11.5. The molecule has 0 atom stereocenters. The number of fused-ring (bicyclic) bond motifs is 1. The van der Waals surface area contributed by atoms with Crippen molar-refractivity contribution < 1.29 is 9.53 Å². The SMILES string of the molecule is COc1cccc2c(CCNC(C)=O)c[nH]c12. The Balaban J connectivity index is 2.21. The average molecular weight is 232 g/mol. The molecule has 1 amide bonds. The molecule has 0 saturated heterocycles. The second-order valence-corrected chi connectivity index (χ2v) is 3.93. The van der Waals surface area contributed by atoms with Crippen molar-refractivity contribution in [1.29, 1.82) is 0 Å². The molecule has 4 nitrogen and oxygen atoms in total. The Bertz CT molecular complexity index is 531. The fraction of sp³-hybridized carbons (Fsp3) is 0.308. The molecule has 90 valence electrons. The lowest BCUT2D eigenvalue weighted by Gasteiger charge is -2.03. The summed E-state index contributed by atoms with van der Waals surface area (Å²) in [6.45, 7) is 2.18. The molecule has 4 heteroatoms. The van der Waals surface area contributed by atoms with Gasteiger partial charge in [-0.15, -0.1) is 0 Å². The Kier molecular flexibility index (Phi) is 3.32. The normalized spacial score (nSPS) is 10.5. The first-order valence-electron chi connectivity index (χ1n) is 5.59. The number of carbonyl (C=O) groups is 1. The van der Waals surface area contributed by atoms with Gasteiger partial charge in [-0.2, -0.15) is 0 Å². The van der Waals surface area contributed by atoms with Crippen molar-refractivity contribution in [2.75, 3.05) is 13.7 Å². The molecule has 0 bridgehead atoms. The number of ether oxygens (including phenoxy) is 1. The van der Waals surface area contributed by atoms with Gasteiger partial charge in [0.2, 0.25) is 5.91 Å². The molecule has 0 aliphatic rings. The summed E-state index contributed by atoms with van der Waals surface area (Å²) >= 11 is 0. The lowest BCUT2D eigenvalue weighted by atomic mass is 10.1. The molecule has 0 fully saturated rings. The summed E-state index contributed by atoms with van der Waals surface area (Å²) in [5.41, 5.74) is 2.19. The number of benzene rings is 1. The zero-order chi connectivity index (χ0) is 12.3. The summed E-state index contributed by atoms with van der Waals surface area (Å²) in [7, 11) is 1.66. The molecule has 0 saturated carbocycles. The predicted octanol–water partition coefficient (Wildman–Crippen LogP) is 1.86. The van der Waals surface area contributed by atoms with Crippen LogP contribution >= 0.6 is 0 Å². The highest BCUT2D eigenvalue weighted by Crippen LogP contribution is 2.26. The third-order valence-electron chi connectivity index (χ3n) is 2.75. The van der Waals surface area contributed by atoms with Gasteiger partial charge in [-0.05, 0) is 18.1 Å². The van der Waals surface area contributed by atoms with Crippen molar-refractivity contribution in [3.8, 4) is 5.75 Å². The van der Waals surface area contributed by atoms with Crippen LogP contribution in [0.1, 0.15) is 12.5 Å². The van der Waals surface area contributed by atoms with Crippen LogP contribution in [0.5, 0.6) is 5.75 Å². The summed E-state index contributed by atoms with van der Waals surface area (Å²) in [6.07, 6.45) is 2.78. The Labute approximate surface area is 100.0 Å². The van der Waals surface area contributed by atoms with Crippen LogP contribution in [0.2, 0.25) is 0 Å². The monoisotopic (exact) mass is 232 g/mol. The van der Waals surface area contributed by atoms with E-state index >= 15 is 0 Å². The van der Waals surface area contributed by atoms with Crippen LogP contribution in [0.25, 0.3) is 10.9 Å². The quantitative estimate of drug-likeness (QED) is 0.845. The van der Waals surface area contributed by atoms with E-state index in [0.29, 0.717) is 6.54 Å². The number of amides is 1. The molecular weight excluding hydrogens is 216 g/mol. The Morgan fingerprint density at radius 3 is 3.00 bits per heavy atom. The molecule has 2 N–H and O–H groups in total. The zero-order valence-electron chi connectivity index (χ0n) is 10.0. The fourth-order valence-corrected chi connectivity index (χ4v) is 1.93. The summed E-state index contributed by atoms with van der Waals surface area (Å²) in [5, 5.41) is 3.94. The Hall–Kier alpha value is -1.97. The van der Waals surface area contributed by atoms with Crippen molar-refractivity contribution in [2.45, 2.75) is 13.3 Å². The van der Waals surface area contributed by atoms with Crippen LogP contribution in [0.4, 0.5) is 0 Å². The van der Waals surface area contributed by atoms with Crippen molar-refractivity contribution in [1.82, 2.24) is 10.3 Å². The van der Waals surface area contributed by atoms with Crippen LogP contribution in [-0.2, 0) is 11.2 Å². The molecule has 0 spiro atoms. The van der Waals surface area contributed by atoms with Gasteiger partial charge in [-0.1, -0.05) is 12.1 Å². The van der Waals surface area contributed by atoms with Gasteiger partial charge in [0.05, 0.1) is 12.6 Å². The van der Waals surface area contributed by atoms with Crippen molar-refractivity contribution >= 4 is 16.8 Å². The van der Waals surface area contributed by atoms with E-state index in [-0.39, 0.29) is 5.91 Å². The largest absolute Gasteiger partial charge is 0.495 e. The minimum Gasteiger partial charge on any atom is -0.495 e. The standard InChI is InChI=1S/C13H16N2O2/c1-9(16)14-7-6-10-8-15-13-11(10)4-3-5-12(13)17-2/h3-5,8,15H,6-7H2,1-2H3,(H,14,16). The first-order valence-corrected chi connectivity index (χ1v) is 5.59. The van der Waals surface area contributed by atoms with E-state index in [1.165, 1.54) is 12.5 Å². The van der Waals surface area contributed by atoms with Crippen molar-refractivity contribution in [3.05, 3.63) is 30.0 Å². The third kappa shape index (κ3) is 2.41. The molecule has 2 aromatic rings. The number of aromatic nitrogens is 1. The van der Waals surface area contributed by atoms with Gasteiger partial charge < -0.3 is 15.0 Å². The maximum atomic E-state index is 10.8. The third-order valence-corrected chi connectivity index (χ3v) is 2.75. The number of carbonyl (C=O) groups excluding carboxylic acids is 1.